The van der Waals surface area contributed by atoms with E-state index in [0.717, 1.165) is 32.0 Å². The van der Waals surface area contributed by atoms with E-state index in [2.05, 4.69) is 33.7 Å². The Morgan fingerprint density at radius 2 is 2.18 bits per heavy atom. The second-order valence-electron chi connectivity index (χ2n) is 6.55. The molecule has 2 atom stereocenters. The average Bonchev–Trinajstić information content (AvgIpc) is 2.85. The highest BCUT2D eigenvalue weighted by atomic mass is 32.2. The number of alkyl carbamates (subject to hydrolysis) is 1. The third-order valence-corrected chi connectivity index (χ3v) is 4.34. The summed E-state index contributed by atoms with van der Waals surface area (Å²) in [5.74, 6) is 0.898. The summed E-state index contributed by atoms with van der Waals surface area (Å²) in [6, 6.07) is 0.103. The Morgan fingerprint density at radius 3 is 2.73 bits per heavy atom. The Labute approximate surface area is 138 Å². The number of thioether (sulfide) groups is 1. The number of carbonyl (C=O) groups is 1. The summed E-state index contributed by atoms with van der Waals surface area (Å²) in [7, 11) is 1.79. The molecule has 1 aliphatic heterocycles. The number of ether oxygens (including phenoxy) is 1. The third-order valence-electron chi connectivity index (χ3n) is 3.37. The van der Waals surface area contributed by atoms with Crippen molar-refractivity contribution in [3.63, 3.8) is 0 Å². The van der Waals surface area contributed by atoms with Crippen molar-refractivity contribution in [1.29, 1.82) is 0 Å². The molecule has 22 heavy (non-hydrogen) atoms. The minimum Gasteiger partial charge on any atom is -0.444 e. The molecule has 1 rings (SSSR count). The Balaban J connectivity index is 2.42. The maximum absolute atomic E-state index is 11.8. The summed E-state index contributed by atoms with van der Waals surface area (Å²) in [5.41, 5.74) is -0.464. The van der Waals surface area contributed by atoms with E-state index in [1.807, 2.05) is 32.5 Å². The van der Waals surface area contributed by atoms with Crippen LogP contribution < -0.4 is 10.6 Å². The molecule has 1 amide bonds. The van der Waals surface area contributed by atoms with Crippen LogP contribution in [0.15, 0.2) is 4.99 Å². The van der Waals surface area contributed by atoms with E-state index in [1.54, 1.807) is 7.05 Å². The molecule has 2 N–H and O–H groups in total. The van der Waals surface area contributed by atoms with Crippen LogP contribution in [0.5, 0.6) is 0 Å². The Morgan fingerprint density at radius 1 is 1.50 bits per heavy atom. The molecule has 1 aliphatic rings. The predicted octanol–water partition coefficient (Wildman–Crippen LogP) is 1.91. The van der Waals surface area contributed by atoms with Crippen LogP contribution in [-0.2, 0) is 4.74 Å². The fourth-order valence-corrected chi connectivity index (χ4v) is 2.45. The van der Waals surface area contributed by atoms with Crippen LogP contribution >= 0.6 is 11.8 Å². The molecule has 7 heteroatoms. The van der Waals surface area contributed by atoms with E-state index in [-0.39, 0.29) is 12.1 Å². The summed E-state index contributed by atoms with van der Waals surface area (Å²) >= 11 is 1.82. The number of carbonyl (C=O) groups excluding carboxylic acids is 1. The van der Waals surface area contributed by atoms with Crippen molar-refractivity contribution in [2.45, 2.75) is 51.0 Å². The summed E-state index contributed by atoms with van der Waals surface area (Å²) in [6.07, 6.45) is 2.65. The van der Waals surface area contributed by atoms with Gasteiger partial charge >= 0.3 is 6.09 Å². The fourth-order valence-electron chi connectivity index (χ4n) is 2.20. The van der Waals surface area contributed by atoms with Gasteiger partial charge in [0, 0.05) is 31.9 Å². The van der Waals surface area contributed by atoms with Gasteiger partial charge in [-0.3, -0.25) is 4.99 Å². The number of hydrogen-bond donors (Lipinski definition) is 2. The molecule has 1 saturated heterocycles. The van der Waals surface area contributed by atoms with Crippen molar-refractivity contribution in [2.24, 2.45) is 4.99 Å². The molecule has 0 aromatic carbocycles. The van der Waals surface area contributed by atoms with Crippen LogP contribution in [0.3, 0.4) is 0 Å². The lowest BCUT2D eigenvalue weighted by Gasteiger charge is -2.24. The van der Waals surface area contributed by atoms with Gasteiger partial charge in [0.15, 0.2) is 5.96 Å². The second kappa shape index (κ2) is 8.50. The predicted molar refractivity (Wildman–Crippen MR) is 93.7 cm³/mol. The molecule has 0 spiro atoms. The zero-order chi connectivity index (χ0) is 16.8. The maximum atomic E-state index is 11.8. The zero-order valence-electron chi connectivity index (χ0n) is 14.6. The van der Waals surface area contributed by atoms with Crippen molar-refractivity contribution < 1.29 is 9.53 Å². The van der Waals surface area contributed by atoms with E-state index in [1.165, 1.54) is 0 Å². The Kier molecular flexibility index (Phi) is 7.32. The molecule has 0 bridgehead atoms. The second-order valence-corrected chi connectivity index (χ2v) is 7.83. The lowest BCUT2D eigenvalue weighted by atomic mass is 10.2. The van der Waals surface area contributed by atoms with Gasteiger partial charge in [-0.2, -0.15) is 11.8 Å². The first kappa shape index (κ1) is 18.9. The van der Waals surface area contributed by atoms with E-state index >= 15 is 0 Å². The summed E-state index contributed by atoms with van der Waals surface area (Å²) in [4.78, 5) is 18.3. The van der Waals surface area contributed by atoms with E-state index in [4.69, 9.17) is 4.74 Å². The lowest BCUT2D eigenvalue weighted by Crippen LogP contribution is -2.45. The molecule has 1 unspecified atom stereocenters. The molecule has 1 heterocycles. The van der Waals surface area contributed by atoms with Crippen LogP contribution in [-0.4, -0.2) is 66.8 Å². The topological polar surface area (TPSA) is 66.0 Å². The fraction of sp³-hybridized carbons (Fsp3) is 0.867. The molecule has 0 aromatic heterocycles. The van der Waals surface area contributed by atoms with E-state index < -0.39 is 5.60 Å². The molecule has 128 valence electrons. The number of hydrogen-bond acceptors (Lipinski definition) is 4. The molecular formula is C15H30N4O2S. The van der Waals surface area contributed by atoms with Crippen molar-refractivity contribution in [3.8, 4) is 0 Å². The minimum atomic E-state index is -0.464. The van der Waals surface area contributed by atoms with Gasteiger partial charge in [-0.05, 0) is 33.4 Å². The molecule has 0 aromatic rings. The Bertz CT molecular complexity index is 395. The van der Waals surface area contributed by atoms with Gasteiger partial charge in [0.05, 0.1) is 6.04 Å². The molecule has 1 fully saturated rings. The first-order valence-electron chi connectivity index (χ1n) is 7.73. The third kappa shape index (κ3) is 6.77. The normalized spacial score (nSPS) is 20.7. The molecule has 6 nitrogen and oxygen atoms in total. The van der Waals surface area contributed by atoms with Crippen LogP contribution in [0, 0.1) is 0 Å². The molecule has 0 radical (unpaired) electrons. The number of aliphatic imine (C=N–C) groups is 1. The average molecular weight is 330 g/mol. The van der Waals surface area contributed by atoms with E-state index in [0.29, 0.717) is 5.25 Å². The molecular weight excluding hydrogens is 300 g/mol. The van der Waals surface area contributed by atoms with Crippen molar-refractivity contribution in [3.05, 3.63) is 0 Å². The number of rotatable bonds is 4. The molecule has 0 saturated carbocycles. The van der Waals surface area contributed by atoms with Gasteiger partial charge in [-0.1, -0.05) is 6.92 Å². The smallest absolute Gasteiger partial charge is 0.407 e. The van der Waals surface area contributed by atoms with Crippen LogP contribution in [0.4, 0.5) is 4.79 Å². The zero-order valence-corrected chi connectivity index (χ0v) is 15.4. The monoisotopic (exact) mass is 330 g/mol. The number of guanidine groups is 1. The minimum absolute atomic E-state index is 0.103. The highest BCUT2D eigenvalue weighted by Gasteiger charge is 2.27. The SMILES string of the molecule is CN=C(NCC(C)SC)N1CC[C@@H](NC(=O)OC(C)(C)C)C1. The van der Waals surface area contributed by atoms with Gasteiger partial charge in [0.25, 0.3) is 0 Å². The van der Waals surface area contributed by atoms with Crippen LogP contribution in [0.1, 0.15) is 34.1 Å². The number of nitrogens with one attached hydrogen (secondary N) is 2. The first-order chi connectivity index (χ1) is 10.2. The summed E-state index contributed by atoms with van der Waals surface area (Å²) in [6.45, 7) is 10.3. The van der Waals surface area contributed by atoms with Crippen molar-refractivity contribution in [2.75, 3.05) is 32.9 Å². The van der Waals surface area contributed by atoms with Crippen LogP contribution in [0.25, 0.3) is 0 Å². The number of likely N-dealkylation sites (tertiary alicyclic amines) is 1. The van der Waals surface area contributed by atoms with Gasteiger partial charge in [0.2, 0.25) is 0 Å². The lowest BCUT2D eigenvalue weighted by molar-refractivity contribution is 0.0507. The summed E-state index contributed by atoms with van der Waals surface area (Å²) in [5, 5.41) is 6.85. The quantitative estimate of drug-likeness (QED) is 0.609. The molecule has 0 aliphatic carbocycles. The first-order valence-corrected chi connectivity index (χ1v) is 9.02. The van der Waals surface area contributed by atoms with Crippen molar-refractivity contribution in [1.82, 2.24) is 15.5 Å². The van der Waals surface area contributed by atoms with Crippen LogP contribution in [0.2, 0.25) is 0 Å². The van der Waals surface area contributed by atoms with Gasteiger partial charge in [0.1, 0.15) is 5.60 Å². The standard InChI is InChI=1S/C15H30N4O2S/c1-11(22-6)9-17-13(16-5)19-8-7-12(10-19)18-14(20)21-15(2,3)4/h11-12H,7-10H2,1-6H3,(H,16,17)(H,18,20)/t11?,12-/m1/s1. The maximum Gasteiger partial charge on any atom is 0.407 e. The summed E-state index contributed by atoms with van der Waals surface area (Å²) < 4.78 is 5.30. The number of nitrogens with zero attached hydrogens (tertiary/aromatic N) is 2. The van der Waals surface area contributed by atoms with E-state index in [9.17, 15) is 4.79 Å². The highest BCUT2D eigenvalue weighted by molar-refractivity contribution is 7.99. The highest BCUT2D eigenvalue weighted by Crippen LogP contribution is 2.12. The van der Waals surface area contributed by atoms with Gasteiger partial charge in [-0.15, -0.1) is 0 Å². The van der Waals surface area contributed by atoms with Crippen molar-refractivity contribution >= 4 is 23.8 Å². The van der Waals surface area contributed by atoms with Gasteiger partial charge in [-0.25, -0.2) is 4.79 Å². The number of amides is 1. The van der Waals surface area contributed by atoms with Gasteiger partial charge < -0.3 is 20.3 Å². The Hall–Kier alpha value is -1.11. The largest absolute Gasteiger partial charge is 0.444 e.